The lowest BCUT2D eigenvalue weighted by Gasteiger charge is -2.04. The second-order valence-electron chi connectivity index (χ2n) is 4.02. The summed E-state index contributed by atoms with van der Waals surface area (Å²) in [7, 11) is 0. The predicted molar refractivity (Wildman–Crippen MR) is 80.5 cm³/mol. The number of benzene rings is 1. The van der Waals surface area contributed by atoms with Crippen LogP contribution in [0.2, 0.25) is 0 Å². The second-order valence-corrected chi connectivity index (χ2v) is 6.57. The van der Waals surface area contributed by atoms with Crippen molar-refractivity contribution in [1.29, 1.82) is 0 Å². The molecule has 0 aliphatic carbocycles. The van der Waals surface area contributed by atoms with Crippen molar-refractivity contribution in [1.82, 2.24) is 5.32 Å². The van der Waals surface area contributed by atoms with Gasteiger partial charge in [-0.2, -0.15) is 0 Å². The number of nitro groups is 1. The van der Waals surface area contributed by atoms with Crippen molar-refractivity contribution in [3.8, 4) is 0 Å². The van der Waals surface area contributed by atoms with Crippen LogP contribution in [0.1, 0.15) is 10.4 Å². The van der Waals surface area contributed by atoms with Gasteiger partial charge in [0.25, 0.3) is 5.69 Å². The zero-order chi connectivity index (χ0) is 13.7. The summed E-state index contributed by atoms with van der Waals surface area (Å²) < 4.78 is 1.11. The fraction of sp³-hybridized carbons (Fsp3) is 0.231. The summed E-state index contributed by atoms with van der Waals surface area (Å²) in [4.78, 5) is 11.8. The highest BCUT2D eigenvalue weighted by Crippen LogP contribution is 2.22. The Bertz CT molecular complexity index is 571. The molecule has 0 saturated heterocycles. The molecule has 0 unspecified atom stereocenters. The highest BCUT2D eigenvalue weighted by Gasteiger charge is 2.11. The van der Waals surface area contributed by atoms with Crippen molar-refractivity contribution in [2.45, 2.75) is 13.0 Å². The van der Waals surface area contributed by atoms with E-state index in [1.807, 2.05) is 18.2 Å². The first-order valence-electron chi connectivity index (χ1n) is 5.84. The van der Waals surface area contributed by atoms with E-state index < -0.39 is 0 Å². The number of hydrogen-bond acceptors (Lipinski definition) is 4. The zero-order valence-corrected chi connectivity index (χ0v) is 12.5. The molecule has 1 heterocycles. The Balaban J connectivity index is 1.84. The lowest BCUT2D eigenvalue weighted by Crippen LogP contribution is -2.16. The Morgan fingerprint density at radius 3 is 2.74 bits per heavy atom. The number of nitrogens with zero attached hydrogens (tertiary/aromatic N) is 1. The van der Waals surface area contributed by atoms with E-state index in [2.05, 4.69) is 27.3 Å². The van der Waals surface area contributed by atoms with E-state index in [1.54, 1.807) is 23.5 Å². The summed E-state index contributed by atoms with van der Waals surface area (Å²) >= 11 is 5.11. The van der Waals surface area contributed by atoms with Crippen molar-refractivity contribution >= 4 is 33.0 Å². The van der Waals surface area contributed by atoms with Gasteiger partial charge in [-0.1, -0.05) is 18.2 Å². The number of rotatable bonds is 6. The Morgan fingerprint density at radius 1 is 1.26 bits per heavy atom. The number of halogens is 1. The van der Waals surface area contributed by atoms with Gasteiger partial charge in [0.2, 0.25) is 0 Å². The molecule has 2 aromatic rings. The van der Waals surface area contributed by atoms with E-state index in [-0.39, 0.29) is 10.6 Å². The standard InChI is InChI=1S/C13H13BrN2O2S/c14-13-6-5-11(19-13)9-15-8-7-10-3-1-2-4-12(10)16(17)18/h1-6,15H,7-9H2. The molecule has 0 atom stereocenters. The van der Waals surface area contributed by atoms with Crippen molar-refractivity contribution in [3.05, 3.63) is 60.7 Å². The van der Waals surface area contributed by atoms with Gasteiger partial charge in [-0.25, -0.2) is 0 Å². The highest BCUT2D eigenvalue weighted by molar-refractivity contribution is 9.11. The number of nitrogens with one attached hydrogen (secondary N) is 1. The van der Waals surface area contributed by atoms with Gasteiger partial charge in [0.15, 0.2) is 0 Å². The van der Waals surface area contributed by atoms with Crippen LogP contribution in [0.5, 0.6) is 0 Å². The van der Waals surface area contributed by atoms with Crippen LogP contribution < -0.4 is 5.32 Å². The Hall–Kier alpha value is -1.24. The number of thiophene rings is 1. The van der Waals surface area contributed by atoms with E-state index >= 15 is 0 Å². The van der Waals surface area contributed by atoms with Gasteiger partial charge in [0, 0.05) is 23.1 Å². The van der Waals surface area contributed by atoms with Crippen molar-refractivity contribution in [2.75, 3.05) is 6.54 Å². The predicted octanol–water partition coefficient (Wildman–Crippen LogP) is 3.75. The molecular formula is C13H13BrN2O2S. The van der Waals surface area contributed by atoms with Crippen LogP contribution in [0.25, 0.3) is 0 Å². The average molecular weight is 341 g/mol. The largest absolute Gasteiger partial charge is 0.312 e. The minimum Gasteiger partial charge on any atom is -0.312 e. The molecule has 1 aromatic heterocycles. The molecule has 0 aliphatic rings. The van der Waals surface area contributed by atoms with Crippen LogP contribution in [-0.2, 0) is 13.0 Å². The first kappa shape index (κ1) is 14.2. The molecule has 0 spiro atoms. The number of nitro benzene ring substituents is 1. The molecule has 0 amide bonds. The molecule has 6 heteroatoms. The molecule has 4 nitrogen and oxygen atoms in total. The Kier molecular flexibility index (Phi) is 5.07. The Labute approximate surface area is 123 Å². The minimum absolute atomic E-state index is 0.197. The molecule has 1 aromatic carbocycles. The van der Waals surface area contributed by atoms with Gasteiger partial charge in [0.1, 0.15) is 0 Å². The first-order chi connectivity index (χ1) is 9.16. The lowest BCUT2D eigenvalue weighted by molar-refractivity contribution is -0.385. The summed E-state index contributed by atoms with van der Waals surface area (Å²) in [6.07, 6.45) is 0.656. The van der Waals surface area contributed by atoms with E-state index in [0.717, 1.165) is 22.4 Å². The molecular weight excluding hydrogens is 328 g/mol. The quantitative estimate of drug-likeness (QED) is 0.495. The van der Waals surface area contributed by atoms with E-state index in [4.69, 9.17) is 0 Å². The third-order valence-corrected chi connectivity index (χ3v) is 4.31. The van der Waals surface area contributed by atoms with Gasteiger partial charge >= 0.3 is 0 Å². The molecule has 100 valence electrons. The summed E-state index contributed by atoms with van der Waals surface area (Å²) in [5.74, 6) is 0. The first-order valence-corrected chi connectivity index (χ1v) is 7.45. The molecule has 0 radical (unpaired) electrons. The minimum atomic E-state index is -0.328. The third-order valence-electron chi connectivity index (χ3n) is 2.69. The fourth-order valence-electron chi connectivity index (χ4n) is 1.78. The van der Waals surface area contributed by atoms with E-state index in [0.29, 0.717) is 6.42 Å². The molecule has 1 N–H and O–H groups in total. The van der Waals surface area contributed by atoms with Crippen LogP contribution in [-0.4, -0.2) is 11.5 Å². The van der Waals surface area contributed by atoms with Gasteiger partial charge < -0.3 is 5.32 Å². The maximum absolute atomic E-state index is 10.9. The summed E-state index contributed by atoms with van der Waals surface area (Å²) in [6.45, 7) is 1.51. The third kappa shape index (κ3) is 4.12. The molecule has 19 heavy (non-hydrogen) atoms. The smallest absolute Gasteiger partial charge is 0.272 e. The maximum Gasteiger partial charge on any atom is 0.272 e. The molecule has 0 fully saturated rings. The number of para-hydroxylation sites is 1. The summed E-state index contributed by atoms with van der Waals surface area (Å²) in [5.41, 5.74) is 0.968. The Morgan fingerprint density at radius 2 is 2.05 bits per heavy atom. The molecule has 0 aliphatic heterocycles. The van der Waals surface area contributed by atoms with Crippen molar-refractivity contribution in [3.63, 3.8) is 0 Å². The van der Waals surface area contributed by atoms with Crippen molar-refractivity contribution in [2.24, 2.45) is 0 Å². The lowest BCUT2D eigenvalue weighted by atomic mass is 10.1. The van der Waals surface area contributed by atoms with Crippen LogP contribution in [0.15, 0.2) is 40.2 Å². The maximum atomic E-state index is 10.9. The van der Waals surface area contributed by atoms with Crippen LogP contribution in [0.3, 0.4) is 0 Å². The van der Waals surface area contributed by atoms with Crippen LogP contribution in [0, 0.1) is 10.1 Å². The fourth-order valence-corrected chi connectivity index (χ4v) is 3.23. The second kappa shape index (κ2) is 6.79. The van der Waals surface area contributed by atoms with Crippen molar-refractivity contribution < 1.29 is 4.92 Å². The highest BCUT2D eigenvalue weighted by atomic mass is 79.9. The molecule has 0 bridgehead atoms. The summed E-state index contributed by atoms with van der Waals surface area (Å²) in [6, 6.07) is 11.0. The van der Waals surface area contributed by atoms with Gasteiger partial charge in [0.05, 0.1) is 8.71 Å². The van der Waals surface area contributed by atoms with E-state index in [9.17, 15) is 10.1 Å². The monoisotopic (exact) mass is 340 g/mol. The molecule has 2 rings (SSSR count). The van der Waals surface area contributed by atoms with Gasteiger partial charge in [-0.05, 0) is 41.0 Å². The van der Waals surface area contributed by atoms with Gasteiger partial charge in [-0.3, -0.25) is 10.1 Å². The average Bonchev–Trinajstić information content (AvgIpc) is 2.81. The van der Waals surface area contributed by atoms with Gasteiger partial charge in [-0.15, -0.1) is 11.3 Å². The van der Waals surface area contributed by atoms with Crippen LogP contribution >= 0.6 is 27.3 Å². The topological polar surface area (TPSA) is 55.2 Å². The summed E-state index contributed by atoms with van der Waals surface area (Å²) in [5, 5.41) is 14.2. The van der Waals surface area contributed by atoms with Crippen LogP contribution in [0.4, 0.5) is 5.69 Å². The molecule has 0 saturated carbocycles. The number of hydrogen-bond donors (Lipinski definition) is 1. The zero-order valence-electron chi connectivity index (χ0n) is 10.1. The van der Waals surface area contributed by atoms with E-state index in [1.165, 1.54) is 4.88 Å². The normalized spacial score (nSPS) is 10.6. The SMILES string of the molecule is O=[N+]([O-])c1ccccc1CCNCc1ccc(Br)s1.